The van der Waals surface area contributed by atoms with Gasteiger partial charge in [-0.05, 0) is 43.7 Å². The summed E-state index contributed by atoms with van der Waals surface area (Å²) >= 11 is 1.73. The van der Waals surface area contributed by atoms with Gasteiger partial charge in [-0.1, -0.05) is 30.3 Å². The molecule has 2 bridgehead atoms. The Bertz CT molecular complexity index is 716. The van der Waals surface area contributed by atoms with Crippen molar-refractivity contribution in [3.8, 4) is 0 Å². The van der Waals surface area contributed by atoms with Crippen molar-refractivity contribution in [3.63, 3.8) is 0 Å². The SMILES string of the molecule is Cc1cnn(C2CC3CCC(C2)N3C(=O)CSCc2ccccc2)c1. The third-order valence-corrected chi connectivity index (χ3v) is 6.43. The van der Waals surface area contributed by atoms with Gasteiger partial charge in [-0.3, -0.25) is 9.48 Å². The fourth-order valence-electron chi connectivity index (χ4n) is 4.31. The molecule has 0 N–H and O–H groups in total. The highest BCUT2D eigenvalue weighted by atomic mass is 32.2. The molecule has 0 saturated carbocycles. The standard InChI is InChI=1S/C20H25N3OS/c1-15-11-21-22(12-15)19-9-17-7-8-18(10-19)23(17)20(24)14-25-13-16-5-3-2-4-6-16/h2-6,11-12,17-19H,7-10,13-14H2,1H3. The van der Waals surface area contributed by atoms with Crippen LogP contribution in [0.1, 0.15) is 42.9 Å². The largest absolute Gasteiger partial charge is 0.336 e. The van der Waals surface area contributed by atoms with Crippen LogP contribution in [0.2, 0.25) is 0 Å². The Morgan fingerprint density at radius 1 is 1.16 bits per heavy atom. The Labute approximate surface area is 153 Å². The maximum absolute atomic E-state index is 12.8. The van der Waals surface area contributed by atoms with Crippen molar-refractivity contribution in [3.05, 3.63) is 53.9 Å². The van der Waals surface area contributed by atoms with Crippen LogP contribution < -0.4 is 0 Å². The molecular formula is C20H25N3OS. The van der Waals surface area contributed by atoms with Gasteiger partial charge < -0.3 is 4.90 Å². The first-order chi connectivity index (χ1) is 12.2. The highest BCUT2D eigenvalue weighted by Gasteiger charge is 2.43. The second-order valence-electron chi connectivity index (χ2n) is 7.29. The second kappa shape index (κ2) is 7.24. The van der Waals surface area contributed by atoms with Gasteiger partial charge in [0.2, 0.25) is 5.91 Å². The lowest BCUT2D eigenvalue weighted by Crippen LogP contribution is -2.47. The smallest absolute Gasteiger partial charge is 0.233 e. The molecule has 3 heterocycles. The lowest BCUT2D eigenvalue weighted by atomic mass is 9.97. The summed E-state index contributed by atoms with van der Waals surface area (Å²) in [6, 6.07) is 11.6. The highest BCUT2D eigenvalue weighted by Crippen LogP contribution is 2.41. The zero-order chi connectivity index (χ0) is 17.2. The molecule has 2 fully saturated rings. The summed E-state index contributed by atoms with van der Waals surface area (Å²) in [7, 11) is 0. The Kier molecular flexibility index (Phi) is 4.84. The summed E-state index contributed by atoms with van der Waals surface area (Å²) in [5.41, 5.74) is 2.50. The van der Waals surface area contributed by atoms with Crippen molar-refractivity contribution in [1.29, 1.82) is 0 Å². The van der Waals surface area contributed by atoms with Gasteiger partial charge in [0.05, 0.1) is 18.0 Å². The molecule has 4 nitrogen and oxygen atoms in total. The third kappa shape index (κ3) is 3.61. The van der Waals surface area contributed by atoms with Gasteiger partial charge in [-0.15, -0.1) is 11.8 Å². The molecule has 0 aliphatic carbocycles. The summed E-state index contributed by atoms with van der Waals surface area (Å²) in [6.45, 7) is 2.08. The fourth-order valence-corrected chi connectivity index (χ4v) is 5.16. The number of piperidine rings is 1. The molecule has 2 saturated heterocycles. The van der Waals surface area contributed by atoms with Gasteiger partial charge in [0.1, 0.15) is 0 Å². The Hall–Kier alpha value is -1.75. The van der Waals surface area contributed by atoms with E-state index in [2.05, 4.69) is 52.1 Å². The first kappa shape index (κ1) is 16.7. The zero-order valence-corrected chi connectivity index (χ0v) is 15.5. The zero-order valence-electron chi connectivity index (χ0n) is 14.7. The molecule has 1 aromatic heterocycles. The number of carbonyl (C=O) groups excluding carboxylic acids is 1. The van der Waals surface area contributed by atoms with E-state index in [1.807, 2.05) is 12.3 Å². The van der Waals surface area contributed by atoms with Gasteiger partial charge in [0.15, 0.2) is 0 Å². The molecule has 2 aliphatic heterocycles. The molecule has 132 valence electrons. The molecule has 2 aromatic rings. The van der Waals surface area contributed by atoms with E-state index in [0.717, 1.165) is 31.4 Å². The average molecular weight is 356 g/mol. The normalized spacial score (nSPS) is 25.3. The number of aryl methyl sites for hydroxylation is 1. The predicted octanol–water partition coefficient (Wildman–Crippen LogP) is 3.82. The summed E-state index contributed by atoms with van der Waals surface area (Å²) in [4.78, 5) is 15.0. The summed E-state index contributed by atoms with van der Waals surface area (Å²) in [6.07, 6.45) is 8.46. The maximum atomic E-state index is 12.8. The van der Waals surface area contributed by atoms with Crippen LogP contribution in [0.5, 0.6) is 0 Å². The molecule has 0 radical (unpaired) electrons. The number of amides is 1. The molecule has 1 aromatic carbocycles. The number of carbonyl (C=O) groups is 1. The average Bonchev–Trinajstić information content (AvgIpc) is 3.17. The van der Waals surface area contributed by atoms with Crippen LogP contribution in [-0.2, 0) is 10.5 Å². The molecule has 2 aliphatic rings. The van der Waals surface area contributed by atoms with Crippen molar-refractivity contribution in [2.45, 2.75) is 56.5 Å². The number of hydrogen-bond acceptors (Lipinski definition) is 3. The van der Waals surface area contributed by atoms with Gasteiger partial charge in [-0.2, -0.15) is 5.10 Å². The fraction of sp³-hybridized carbons (Fsp3) is 0.500. The van der Waals surface area contributed by atoms with E-state index in [-0.39, 0.29) is 0 Å². The van der Waals surface area contributed by atoms with Crippen molar-refractivity contribution >= 4 is 17.7 Å². The predicted molar refractivity (Wildman–Crippen MR) is 101 cm³/mol. The second-order valence-corrected chi connectivity index (χ2v) is 8.27. The van der Waals surface area contributed by atoms with Crippen LogP contribution in [0.4, 0.5) is 0 Å². The Morgan fingerprint density at radius 2 is 1.88 bits per heavy atom. The van der Waals surface area contributed by atoms with Crippen LogP contribution in [0.25, 0.3) is 0 Å². The van der Waals surface area contributed by atoms with Gasteiger partial charge in [-0.25, -0.2) is 0 Å². The van der Waals surface area contributed by atoms with Crippen LogP contribution in [0, 0.1) is 6.92 Å². The van der Waals surface area contributed by atoms with E-state index >= 15 is 0 Å². The molecule has 25 heavy (non-hydrogen) atoms. The van der Waals surface area contributed by atoms with E-state index in [9.17, 15) is 4.79 Å². The van der Waals surface area contributed by atoms with E-state index < -0.39 is 0 Å². The Morgan fingerprint density at radius 3 is 2.52 bits per heavy atom. The molecule has 2 unspecified atom stereocenters. The number of hydrogen-bond donors (Lipinski definition) is 0. The van der Waals surface area contributed by atoms with Gasteiger partial charge in [0.25, 0.3) is 0 Å². The number of benzene rings is 1. The number of thioether (sulfide) groups is 1. The lowest BCUT2D eigenvalue weighted by molar-refractivity contribution is -0.133. The topological polar surface area (TPSA) is 38.1 Å². The summed E-state index contributed by atoms with van der Waals surface area (Å²) < 4.78 is 2.12. The summed E-state index contributed by atoms with van der Waals surface area (Å²) in [5.74, 6) is 1.82. The molecule has 4 rings (SSSR count). The third-order valence-electron chi connectivity index (χ3n) is 5.44. The molecule has 2 atom stereocenters. The molecular weight excluding hydrogens is 330 g/mol. The van der Waals surface area contributed by atoms with Crippen LogP contribution in [0.3, 0.4) is 0 Å². The number of aromatic nitrogens is 2. The van der Waals surface area contributed by atoms with Gasteiger partial charge in [0, 0.05) is 24.0 Å². The Balaban J connectivity index is 1.33. The van der Waals surface area contributed by atoms with Crippen molar-refractivity contribution in [2.75, 3.05) is 5.75 Å². The molecule has 0 spiro atoms. The minimum absolute atomic E-state index is 0.323. The number of rotatable bonds is 5. The molecule has 1 amide bonds. The van der Waals surface area contributed by atoms with Crippen molar-refractivity contribution in [1.82, 2.24) is 14.7 Å². The van der Waals surface area contributed by atoms with Crippen LogP contribution in [0.15, 0.2) is 42.7 Å². The molecule has 5 heteroatoms. The quantitative estimate of drug-likeness (QED) is 0.818. The van der Waals surface area contributed by atoms with Crippen molar-refractivity contribution in [2.24, 2.45) is 0 Å². The van der Waals surface area contributed by atoms with E-state index in [1.165, 1.54) is 11.1 Å². The minimum atomic E-state index is 0.323. The number of fused-ring (bicyclic) bond motifs is 2. The first-order valence-corrected chi connectivity index (χ1v) is 10.3. The first-order valence-electron chi connectivity index (χ1n) is 9.14. The number of nitrogens with zero attached hydrogens (tertiary/aromatic N) is 3. The van der Waals surface area contributed by atoms with Crippen LogP contribution in [-0.4, -0.2) is 38.4 Å². The summed E-state index contributed by atoms with van der Waals surface area (Å²) in [5, 5.41) is 4.50. The monoisotopic (exact) mass is 355 g/mol. The maximum Gasteiger partial charge on any atom is 0.233 e. The van der Waals surface area contributed by atoms with E-state index in [0.29, 0.717) is 29.8 Å². The highest BCUT2D eigenvalue weighted by molar-refractivity contribution is 7.99. The van der Waals surface area contributed by atoms with Crippen molar-refractivity contribution < 1.29 is 4.79 Å². The van der Waals surface area contributed by atoms with E-state index in [1.54, 1.807) is 11.8 Å². The lowest BCUT2D eigenvalue weighted by Gasteiger charge is -2.39. The minimum Gasteiger partial charge on any atom is -0.336 e. The van der Waals surface area contributed by atoms with Crippen LogP contribution >= 0.6 is 11.8 Å². The van der Waals surface area contributed by atoms with Gasteiger partial charge >= 0.3 is 0 Å². The van der Waals surface area contributed by atoms with E-state index in [4.69, 9.17) is 0 Å².